The van der Waals surface area contributed by atoms with Crippen molar-refractivity contribution in [3.05, 3.63) is 71.4 Å². The Bertz CT molecular complexity index is 803. The van der Waals surface area contributed by atoms with Crippen molar-refractivity contribution in [2.24, 2.45) is 5.10 Å². The average Bonchev–Trinajstić information content (AvgIpc) is 2.84. The largest absolute Gasteiger partial charge is 0.358 e. The minimum atomic E-state index is -0.218. The third-order valence-corrected chi connectivity index (χ3v) is 3.34. The molecule has 0 fully saturated rings. The standard InChI is InChI=1S/C17H15N3O/c1-12-15(14-9-5-6-10-16(14)19-12)11-18-20-17(21)13-7-3-2-4-8-13/h2-11,19H,1H3,(H,20,21). The molecule has 3 aromatic rings. The first-order valence-corrected chi connectivity index (χ1v) is 6.71. The van der Waals surface area contributed by atoms with Gasteiger partial charge in [0.15, 0.2) is 0 Å². The van der Waals surface area contributed by atoms with E-state index in [-0.39, 0.29) is 5.91 Å². The van der Waals surface area contributed by atoms with Gasteiger partial charge in [-0.1, -0.05) is 36.4 Å². The summed E-state index contributed by atoms with van der Waals surface area (Å²) < 4.78 is 0. The molecule has 0 spiro atoms. The SMILES string of the molecule is Cc1[nH]c2ccccc2c1C=NNC(=O)c1ccccc1. The molecule has 4 nitrogen and oxygen atoms in total. The molecule has 0 bridgehead atoms. The summed E-state index contributed by atoms with van der Waals surface area (Å²) in [5.74, 6) is -0.218. The molecule has 0 radical (unpaired) electrons. The smallest absolute Gasteiger partial charge is 0.271 e. The highest BCUT2D eigenvalue weighted by Gasteiger charge is 2.06. The second-order valence-electron chi connectivity index (χ2n) is 4.77. The van der Waals surface area contributed by atoms with Crippen molar-refractivity contribution < 1.29 is 4.79 Å². The van der Waals surface area contributed by atoms with E-state index < -0.39 is 0 Å². The number of aromatic amines is 1. The molecule has 1 amide bonds. The van der Waals surface area contributed by atoms with Crippen LogP contribution in [-0.4, -0.2) is 17.1 Å². The van der Waals surface area contributed by atoms with Crippen LogP contribution in [0.5, 0.6) is 0 Å². The maximum atomic E-state index is 11.9. The highest BCUT2D eigenvalue weighted by Crippen LogP contribution is 2.19. The Morgan fingerprint density at radius 2 is 1.81 bits per heavy atom. The van der Waals surface area contributed by atoms with Crippen molar-refractivity contribution in [3.63, 3.8) is 0 Å². The van der Waals surface area contributed by atoms with Crippen molar-refractivity contribution in [1.82, 2.24) is 10.4 Å². The van der Waals surface area contributed by atoms with Crippen LogP contribution in [0.25, 0.3) is 10.9 Å². The summed E-state index contributed by atoms with van der Waals surface area (Å²) in [6, 6.07) is 17.0. The maximum absolute atomic E-state index is 11.9. The highest BCUT2D eigenvalue weighted by atomic mass is 16.2. The maximum Gasteiger partial charge on any atom is 0.271 e. The van der Waals surface area contributed by atoms with Gasteiger partial charge in [-0.05, 0) is 25.1 Å². The Kier molecular flexibility index (Phi) is 3.51. The van der Waals surface area contributed by atoms with Gasteiger partial charge in [-0.15, -0.1) is 0 Å². The van der Waals surface area contributed by atoms with Crippen LogP contribution in [0, 0.1) is 6.92 Å². The van der Waals surface area contributed by atoms with Gasteiger partial charge in [-0.3, -0.25) is 4.79 Å². The Morgan fingerprint density at radius 1 is 1.10 bits per heavy atom. The monoisotopic (exact) mass is 277 g/mol. The minimum absolute atomic E-state index is 0.218. The Balaban J connectivity index is 1.79. The lowest BCUT2D eigenvalue weighted by molar-refractivity contribution is 0.0955. The number of carbonyl (C=O) groups excluding carboxylic acids is 1. The van der Waals surface area contributed by atoms with Crippen LogP contribution in [-0.2, 0) is 0 Å². The van der Waals surface area contributed by atoms with Gasteiger partial charge in [-0.25, -0.2) is 5.43 Å². The molecule has 0 saturated heterocycles. The fourth-order valence-corrected chi connectivity index (χ4v) is 2.27. The summed E-state index contributed by atoms with van der Waals surface area (Å²) >= 11 is 0. The molecule has 1 aromatic heterocycles. The normalized spacial score (nSPS) is 11.1. The number of hydrogen-bond donors (Lipinski definition) is 2. The zero-order chi connectivity index (χ0) is 14.7. The first-order chi connectivity index (χ1) is 10.3. The number of para-hydroxylation sites is 1. The number of nitrogens with zero attached hydrogens (tertiary/aromatic N) is 1. The number of nitrogens with one attached hydrogen (secondary N) is 2. The summed E-state index contributed by atoms with van der Waals surface area (Å²) in [6.45, 7) is 1.99. The van der Waals surface area contributed by atoms with Crippen LogP contribution < -0.4 is 5.43 Å². The third-order valence-electron chi connectivity index (χ3n) is 3.34. The lowest BCUT2D eigenvalue weighted by Gasteiger charge is -1.99. The number of rotatable bonds is 3. The van der Waals surface area contributed by atoms with Gasteiger partial charge >= 0.3 is 0 Å². The number of fused-ring (bicyclic) bond motifs is 1. The number of carbonyl (C=O) groups is 1. The van der Waals surface area contributed by atoms with Crippen molar-refractivity contribution in [3.8, 4) is 0 Å². The average molecular weight is 277 g/mol. The van der Waals surface area contributed by atoms with Crippen LogP contribution in [0.4, 0.5) is 0 Å². The van der Waals surface area contributed by atoms with Gasteiger partial charge in [0.25, 0.3) is 5.91 Å². The van der Waals surface area contributed by atoms with E-state index in [4.69, 9.17) is 0 Å². The molecule has 21 heavy (non-hydrogen) atoms. The number of H-pyrrole nitrogens is 1. The first kappa shape index (κ1) is 13.1. The summed E-state index contributed by atoms with van der Waals surface area (Å²) in [6.07, 6.45) is 1.68. The van der Waals surface area contributed by atoms with Crippen LogP contribution in [0.2, 0.25) is 0 Å². The van der Waals surface area contributed by atoms with E-state index in [0.717, 1.165) is 22.2 Å². The van der Waals surface area contributed by atoms with Crippen LogP contribution in [0.1, 0.15) is 21.6 Å². The molecule has 0 saturated carbocycles. The van der Waals surface area contributed by atoms with Gasteiger partial charge in [0.2, 0.25) is 0 Å². The molecule has 104 valence electrons. The zero-order valence-electron chi connectivity index (χ0n) is 11.6. The van der Waals surface area contributed by atoms with E-state index in [1.165, 1.54) is 0 Å². The molecule has 0 aliphatic carbocycles. The van der Waals surface area contributed by atoms with E-state index >= 15 is 0 Å². The fraction of sp³-hybridized carbons (Fsp3) is 0.0588. The van der Waals surface area contributed by atoms with Gasteiger partial charge < -0.3 is 4.98 Å². The number of hydrogen-bond acceptors (Lipinski definition) is 2. The molecule has 1 heterocycles. The minimum Gasteiger partial charge on any atom is -0.358 e. The second kappa shape index (κ2) is 5.63. The number of aryl methyl sites for hydroxylation is 1. The summed E-state index contributed by atoms with van der Waals surface area (Å²) in [5.41, 5.74) is 6.20. The van der Waals surface area contributed by atoms with Crippen molar-refractivity contribution in [2.45, 2.75) is 6.92 Å². The van der Waals surface area contributed by atoms with Crippen molar-refractivity contribution in [1.29, 1.82) is 0 Å². The summed E-state index contributed by atoms with van der Waals surface area (Å²) in [7, 11) is 0. The number of hydrazone groups is 1. The molecule has 0 atom stereocenters. The molecule has 3 rings (SSSR count). The van der Waals surface area contributed by atoms with Crippen molar-refractivity contribution in [2.75, 3.05) is 0 Å². The van der Waals surface area contributed by atoms with Crippen LogP contribution >= 0.6 is 0 Å². The topological polar surface area (TPSA) is 57.2 Å². The van der Waals surface area contributed by atoms with Gasteiger partial charge in [0.05, 0.1) is 6.21 Å². The quantitative estimate of drug-likeness (QED) is 0.560. The van der Waals surface area contributed by atoms with E-state index in [9.17, 15) is 4.79 Å². The lowest BCUT2D eigenvalue weighted by atomic mass is 10.1. The number of aromatic nitrogens is 1. The molecular weight excluding hydrogens is 262 g/mol. The molecule has 0 aliphatic heterocycles. The van der Waals surface area contributed by atoms with Crippen LogP contribution in [0.15, 0.2) is 59.7 Å². The number of amides is 1. The third kappa shape index (κ3) is 2.69. The number of benzene rings is 2. The fourth-order valence-electron chi connectivity index (χ4n) is 2.27. The zero-order valence-corrected chi connectivity index (χ0v) is 11.6. The summed E-state index contributed by atoms with van der Waals surface area (Å²) in [5, 5.41) is 5.15. The molecular formula is C17H15N3O. The lowest BCUT2D eigenvalue weighted by Crippen LogP contribution is -2.17. The van der Waals surface area contributed by atoms with Crippen LogP contribution in [0.3, 0.4) is 0 Å². The first-order valence-electron chi connectivity index (χ1n) is 6.71. The van der Waals surface area contributed by atoms with Gasteiger partial charge in [0, 0.05) is 27.7 Å². The highest BCUT2D eigenvalue weighted by molar-refractivity contribution is 6.01. The van der Waals surface area contributed by atoms with Gasteiger partial charge in [0.1, 0.15) is 0 Å². The van der Waals surface area contributed by atoms with E-state index in [2.05, 4.69) is 15.5 Å². The van der Waals surface area contributed by atoms with Gasteiger partial charge in [-0.2, -0.15) is 5.10 Å². The molecule has 0 aliphatic rings. The van der Waals surface area contributed by atoms with E-state index in [0.29, 0.717) is 5.56 Å². The Hall–Kier alpha value is -2.88. The predicted molar refractivity (Wildman–Crippen MR) is 84.5 cm³/mol. The predicted octanol–water partition coefficient (Wildman–Crippen LogP) is 3.24. The Labute approximate surface area is 122 Å². The second-order valence-corrected chi connectivity index (χ2v) is 4.77. The molecule has 2 N–H and O–H groups in total. The Morgan fingerprint density at radius 3 is 2.62 bits per heavy atom. The van der Waals surface area contributed by atoms with E-state index in [1.807, 2.05) is 49.4 Å². The summed E-state index contributed by atoms with van der Waals surface area (Å²) in [4.78, 5) is 15.2. The molecule has 4 heteroatoms. The van der Waals surface area contributed by atoms with E-state index in [1.54, 1.807) is 18.3 Å². The van der Waals surface area contributed by atoms with Crippen molar-refractivity contribution >= 4 is 23.0 Å². The molecule has 2 aromatic carbocycles. The molecule has 0 unspecified atom stereocenters.